The summed E-state index contributed by atoms with van der Waals surface area (Å²) in [6.07, 6.45) is 0.575. The number of imidazole rings is 1. The van der Waals surface area contributed by atoms with E-state index in [0.29, 0.717) is 53.8 Å². The number of carbonyl (C=O) groups is 2. The number of ether oxygens (including phenoxy) is 5. The lowest BCUT2D eigenvalue weighted by Gasteiger charge is -2.38. The molecule has 0 radical (unpaired) electrons. The Labute approximate surface area is 209 Å². The van der Waals surface area contributed by atoms with E-state index in [1.54, 1.807) is 31.1 Å². The summed E-state index contributed by atoms with van der Waals surface area (Å²) in [5.41, 5.74) is 2.04. The van der Waals surface area contributed by atoms with Crippen molar-refractivity contribution in [3.05, 3.63) is 42.0 Å². The number of hydrogen-bond acceptors (Lipinski definition) is 8. The number of rotatable bonds is 10. The molecular weight excluding hydrogens is 466 g/mol. The molecule has 1 aliphatic rings. The Kier molecular flexibility index (Phi) is 7.64. The van der Waals surface area contributed by atoms with Crippen LogP contribution in [0.1, 0.15) is 24.9 Å². The molecular formula is C26H31N3O7. The van der Waals surface area contributed by atoms with E-state index in [1.807, 2.05) is 28.8 Å². The highest BCUT2D eigenvalue weighted by Crippen LogP contribution is 2.48. The summed E-state index contributed by atoms with van der Waals surface area (Å²) < 4.78 is 29.3. The molecule has 0 N–H and O–H groups in total. The summed E-state index contributed by atoms with van der Waals surface area (Å²) >= 11 is 0. The van der Waals surface area contributed by atoms with E-state index in [4.69, 9.17) is 28.7 Å². The first kappa shape index (κ1) is 25.3. The highest BCUT2D eigenvalue weighted by molar-refractivity contribution is 6.08. The summed E-state index contributed by atoms with van der Waals surface area (Å²) in [5.74, 6) is -0.561. The molecule has 36 heavy (non-hydrogen) atoms. The van der Waals surface area contributed by atoms with Gasteiger partial charge in [0, 0.05) is 25.8 Å². The van der Waals surface area contributed by atoms with Gasteiger partial charge in [0.1, 0.15) is 0 Å². The van der Waals surface area contributed by atoms with Crippen molar-refractivity contribution < 1.29 is 33.3 Å². The number of anilines is 1. The molecule has 0 bridgehead atoms. The van der Waals surface area contributed by atoms with Gasteiger partial charge in [-0.2, -0.15) is 0 Å². The minimum absolute atomic E-state index is 0.139. The quantitative estimate of drug-likeness (QED) is 0.239. The van der Waals surface area contributed by atoms with E-state index >= 15 is 0 Å². The normalized spacial score (nSPS) is 17.1. The van der Waals surface area contributed by atoms with Crippen LogP contribution in [0.5, 0.6) is 17.2 Å². The molecule has 3 aromatic rings. The van der Waals surface area contributed by atoms with Gasteiger partial charge in [0.15, 0.2) is 17.4 Å². The van der Waals surface area contributed by atoms with Gasteiger partial charge < -0.3 is 28.3 Å². The number of nitrogens with zero attached hydrogens (tertiary/aromatic N) is 3. The summed E-state index contributed by atoms with van der Waals surface area (Å²) in [6, 6.07) is 10.3. The number of fused-ring (bicyclic) bond motifs is 3. The molecule has 1 amide bonds. The van der Waals surface area contributed by atoms with Gasteiger partial charge in [-0.05, 0) is 37.6 Å². The van der Waals surface area contributed by atoms with E-state index in [0.717, 1.165) is 5.52 Å². The lowest BCUT2D eigenvalue weighted by molar-refractivity contribution is -0.153. The average Bonchev–Trinajstić information content (AvgIpc) is 3.27. The monoisotopic (exact) mass is 497 g/mol. The Bertz CT molecular complexity index is 1260. The fourth-order valence-electron chi connectivity index (χ4n) is 4.76. The summed E-state index contributed by atoms with van der Waals surface area (Å²) in [7, 11) is 6.15. The smallest absolute Gasteiger partial charge is 0.321 e. The number of hydrogen-bond donors (Lipinski definition) is 0. The molecule has 0 aliphatic carbocycles. The second kappa shape index (κ2) is 10.9. The highest BCUT2D eigenvalue weighted by atomic mass is 16.5. The van der Waals surface area contributed by atoms with Crippen LogP contribution in [0, 0.1) is 5.92 Å². The number of benzene rings is 2. The van der Waals surface area contributed by atoms with E-state index in [-0.39, 0.29) is 6.61 Å². The maximum absolute atomic E-state index is 14.0. The van der Waals surface area contributed by atoms with Crippen LogP contribution >= 0.6 is 0 Å². The lowest BCUT2D eigenvalue weighted by atomic mass is 9.88. The topological polar surface area (TPSA) is 101 Å². The van der Waals surface area contributed by atoms with Crippen molar-refractivity contribution in [3.8, 4) is 17.2 Å². The number of para-hydroxylation sites is 2. The molecule has 2 atom stereocenters. The van der Waals surface area contributed by atoms with Gasteiger partial charge in [0.2, 0.25) is 17.6 Å². The first-order chi connectivity index (χ1) is 17.5. The Morgan fingerprint density at radius 1 is 1.00 bits per heavy atom. The second-order valence-corrected chi connectivity index (χ2v) is 8.20. The molecule has 10 nitrogen and oxygen atoms in total. The Hall–Kier alpha value is -3.79. The second-order valence-electron chi connectivity index (χ2n) is 8.20. The highest BCUT2D eigenvalue weighted by Gasteiger charge is 2.49. The van der Waals surface area contributed by atoms with Crippen molar-refractivity contribution in [3.63, 3.8) is 0 Å². The predicted molar refractivity (Wildman–Crippen MR) is 133 cm³/mol. The third-order valence-electron chi connectivity index (χ3n) is 6.27. The van der Waals surface area contributed by atoms with E-state index in [9.17, 15) is 9.59 Å². The molecule has 2 aromatic carbocycles. The van der Waals surface area contributed by atoms with Crippen LogP contribution < -0.4 is 19.1 Å². The zero-order chi connectivity index (χ0) is 25.8. The number of carbonyl (C=O) groups excluding carboxylic acids is 2. The first-order valence-electron chi connectivity index (χ1n) is 11.7. The number of methoxy groups -OCH3 is 4. The Morgan fingerprint density at radius 2 is 1.75 bits per heavy atom. The minimum Gasteiger partial charge on any atom is -0.493 e. The van der Waals surface area contributed by atoms with Crippen LogP contribution in [-0.4, -0.2) is 69.6 Å². The summed E-state index contributed by atoms with van der Waals surface area (Å²) in [5, 5.41) is 0. The molecule has 2 unspecified atom stereocenters. The van der Waals surface area contributed by atoms with Crippen LogP contribution in [0.3, 0.4) is 0 Å². The van der Waals surface area contributed by atoms with Gasteiger partial charge in [-0.1, -0.05) is 12.1 Å². The summed E-state index contributed by atoms with van der Waals surface area (Å²) in [4.78, 5) is 33.7. The third kappa shape index (κ3) is 4.21. The van der Waals surface area contributed by atoms with E-state index in [1.165, 1.54) is 21.3 Å². The zero-order valence-corrected chi connectivity index (χ0v) is 21.1. The van der Waals surface area contributed by atoms with Crippen molar-refractivity contribution in [2.45, 2.75) is 19.4 Å². The molecule has 0 spiro atoms. The lowest BCUT2D eigenvalue weighted by Crippen LogP contribution is -2.50. The van der Waals surface area contributed by atoms with Crippen LogP contribution in [0.25, 0.3) is 11.0 Å². The fourth-order valence-corrected chi connectivity index (χ4v) is 4.76. The van der Waals surface area contributed by atoms with Gasteiger partial charge in [-0.3, -0.25) is 14.5 Å². The molecule has 0 saturated carbocycles. The number of aromatic nitrogens is 2. The number of amides is 1. The fraction of sp³-hybridized carbons (Fsp3) is 0.423. The van der Waals surface area contributed by atoms with Crippen molar-refractivity contribution in [2.24, 2.45) is 5.92 Å². The molecule has 2 heterocycles. The molecule has 4 rings (SSSR count). The van der Waals surface area contributed by atoms with Gasteiger partial charge >= 0.3 is 5.97 Å². The van der Waals surface area contributed by atoms with Gasteiger partial charge in [0.25, 0.3) is 0 Å². The minimum atomic E-state index is -1.18. The summed E-state index contributed by atoms with van der Waals surface area (Å²) in [6.45, 7) is 2.65. The van der Waals surface area contributed by atoms with Crippen LogP contribution in [0.4, 0.5) is 5.95 Å². The average molecular weight is 498 g/mol. The molecule has 192 valence electrons. The van der Waals surface area contributed by atoms with Gasteiger partial charge in [-0.25, -0.2) is 4.98 Å². The van der Waals surface area contributed by atoms with Crippen molar-refractivity contribution in [2.75, 3.05) is 53.1 Å². The molecule has 0 saturated heterocycles. The number of esters is 1. The Morgan fingerprint density at radius 3 is 2.42 bits per heavy atom. The third-order valence-corrected chi connectivity index (χ3v) is 6.27. The maximum atomic E-state index is 14.0. The van der Waals surface area contributed by atoms with E-state index < -0.39 is 23.8 Å². The van der Waals surface area contributed by atoms with Gasteiger partial charge in [0.05, 0.1) is 45.0 Å². The predicted octanol–water partition coefficient (Wildman–Crippen LogP) is 3.21. The van der Waals surface area contributed by atoms with E-state index in [2.05, 4.69) is 0 Å². The molecule has 1 aliphatic heterocycles. The molecule has 1 aromatic heterocycles. The SMILES string of the molecule is CCOC(=O)C1C(=O)N(CCCOC)c2nc3ccccc3n2C1c1ccc(OC)c(OC)c1OC. The van der Waals surface area contributed by atoms with Crippen LogP contribution in [0.15, 0.2) is 36.4 Å². The Balaban J connectivity index is 2.02. The first-order valence-corrected chi connectivity index (χ1v) is 11.7. The van der Waals surface area contributed by atoms with Crippen molar-refractivity contribution in [1.29, 1.82) is 0 Å². The largest absolute Gasteiger partial charge is 0.493 e. The van der Waals surface area contributed by atoms with Crippen molar-refractivity contribution >= 4 is 28.9 Å². The molecule has 10 heteroatoms. The van der Waals surface area contributed by atoms with Crippen molar-refractivity contribution in [1.82, 2.24) is 9.55 Å². The van der Waals surface area contributed by atoms with Crippen LogP contribution in [0.2, 0.25) is 0 Å². The standard InChI is InChI=1S/C26H31N3O7/c1-6-36-25(31)20-21(16-12-13-19(33-3)23(35-5)22(16)34-4)29-18-11-8-7-10-17(18)27-26(29)28(24(20)30)14-9-15-32-2/h7-8,10-13,20-21H,6,9,14-15H2,1-5H3. The maximum Gasteiger partial charge on any atom is 0.321 e. The van der Waals surface area contributed by atoms with Crippen LogP contribution in [-0.2, 0) is 19.1 Å². The molecule has 0 fully saturated rings. The van der Waals surface area contributed by atoms with Gasteiger partial charge in [-0.15, -0.1) is 0 Å². The zero-order valence-electron chi connectivity index (χ0n) is 21.1.